The van der Waals surface area contributed by atoms with Gasteiger partial charge >= 0.3 is 0 Å². The molecule has 0 aliphatic carbocycles. The Balaban J connectivity index is 1.45. The summed E-state index contributed by atoms with van der Waals surface area (Å²) in [4.78, 5) is 13.0. The second-order valence-corrected chi connectivity index (χ2v) is 10.4. The lowest BCUT2D eigenvalue weighted by Gasteiger charge is -2.17. The highest BCUT2D eigenvalue weighted by Crippen LogP contribution is 2.21. The molecular weight excluding hydrogens is 467 g/mol. The van der Waals surface area contributed by atoms with Crippen LogP contribution in [-0.4, -0.2) is 29.9 Å². The van der Waals surface area contributed by atoms with E-state index in [-0.39, 0.29) is 28.8 Å². The van der Waals surface area contributed by atoms with Gasteiger partial charge in [-0.3, -0.25) is 9.48 Å². The van der Waals surface area contributed by atoms with E-state index < -0.39 is 15.9 Å². The van der Waals surface area contributed by atoms with Crippen LogP contribution in [-0.2, 0) is 16.4 Å². The van der Waals surface area contributed by atoms with Gasteiger partial charge in [0.25, 0.3) is 5.91 Å². The molecule has 1 amide bonds. The summed E-state index contributed by atoms with van der Waals surface area (Å²) in [5, 5.41) is 17.2. The molecule has 1 unspecified atom stereocenters. The molecule has 4 aromatic rings. The van der Waals surface area contributed by atoms with Crippen molar-refractivity contribution in [3.8, 4) is 6.07 Å². The molecule has 178 valence electrons. The maximum Gasteiger partial charge on any atom is 0.251 e. The molecule has 1 N–H and O–H groups in total. The van der Waals surface area contributed by atoms with E-state index in [1.54, 1.807) is 48.1 Å². The van der Waals surface area contributed by atoms with Crippen LogP contribution in [0.25, 0.3) is 10.9 Å². The van der Waals surface area contributed by atoms with E-state index in [0.29, 0.717) is 28.6 Å². The van der Waals surface area contributed by atoms with Gasteiger partial charge in [0.2, 0.25) is 0 Å². The van der Waals surface area contributed by atoms with Crippen LogP contribution in [0.1, 0.15) is 40.9 Å². The minimum absolute atomic E-state index is 0.00390. The van der Waals surface area contributed by atoms with E-state index in [0.717, 1.165) is 5.56 Å². The van der Waals surface area contributed by atoms with Crippen molar-refractivity contribution < 1.29 is 17.6 Å². The zero-order chi connectivity index (χ0) is 25.0. The van der Waals surface area contributed by atoms with E-state index in [9.17, 15) is 22.9 Å². The van der Waals surface area contributed by atoms with Gasteiger partial charge in [-0.15, -0.1) is 0 Å². The van der Waals surface area contributed by atoms with Crippen molar-refractivity contribution in [1.29, 1.82) is 5.26 Å². The number of nitrogens with zero attached hydrogens (tertiary/aromatic N) is 3. The summed E-state index contributed by atoms with van der Waals surface area (Å²) in [5.41, 5.74) is 2.69. The zero-order valence-corrected chi connectivity index (χ0v) is 19.8. The van der Waals surface area contributed by atoms with Crippen LogP contribution in [0.2, 0.25) is 0 Å². The summed E-state index contributed by atoms with van der Waals surface area (Å²) in [5.74, 6) is -0.665. The maximum absolute atomic E-state index is 13.4. The van der Waals surface area contributed by atoms with Crippen molar-refractivity contribution in [1.82, 2.24) is 15.1 Å². The monoisotopic (exact) mass is 490 g/mol. The van der Waals surface area contributed by atoms with Gasteiger partial charge in [-0.1, -0.05) is 31.2 Å². The van der Waals surface area contributed by atoms with Gasteiger partial charge in [0.15, 0.2) is 9.84 Å². The Kier molecular flexibility index (Phi) is 6.94. The van der Waals surface area contributed by atoms with Crippen LogP contribution in [0, 0.1) is 17.1 Å². The van der Waals surface area contributed by atoms with Crippen molar-refractivity contribution >= 4 is 26.6 Å². The summed E-state index contributed by atoms with van der Waals surface area (Å²) < 4.78 is 39.2. The standard InChI is InChI=1S/C26H23FN4O3S/c1-2-35(33,34)23-10-7-19(8-11-23)24(13-14-28)29-26(32)20-5-3-18(4-6-20)16-31-17-21-15-22(27)9-12-25(21)30-31/h3-12,15,17,24H,2,13,16H2,1H3,(H,29,32). The smallest absolute Gasteiger partial charge is 0.251 e. The van der Waals surface area contributed by atoms with Crippen LogP contribution >= 0.6 is 0 Å². The summed E-state index contributed by atoms with van der Waals surface area (Å²) in [7, 11) is -3.33. The third kappa shape index (κ3) is 5.55. The van der Waals surface area contributed by atoms with Gasteiger partial charge in [-0.25, -0.2) is 12.8 Å². The highest BCUT2D eigenvalue weighted by atomic mass is 32.2. The third-order valence-corrected chi connectivity index (χ3v) is 7.45. The Morgan fingerprint density at radius 2 is 1.83 bits per heavy atom. The molecule has 0 bridgehead atoms. The summed E-state index contributed by atoms with van der Waals surface area (Å²) >= 11 is 0. The first-order valence-corrected chi connectivity index (χ1v) is 12.7. The number of amides is 1. The van der Waals surface area contributed by atoms with Crippen molar-refractivity contribution in [3.63, 3.8) is 0 Å². The lowest BCUT2D eigenvalue weighted by molar-refractivity contribution is 0.0937. The number of nitriles is 1. The summed E-state index contributed by atoms with van der Waals surface area (Å²) in [6.45, 7) is 2.04. The molecule has 1 atom stereocenters. The quantitative estimate of drug-likeness (QED) is 0.394. The molecule has 0 spiro atoms. The van der Waals surface area contributed by atoms with E-state index in [4.69, 9.17) is 0 Å². The highest BCUT2D eigenvalue weighted by molar-refractivity contribution is 7.91. The van der Waals surface area contributed by atoms with Gasteiger partial charge in [0.1, 0.15) is 5.82 Å². The normalized spacial score (nSPS) is 12.3. The number of carbonyl (C=O) groups is 1. The van der Waals surface area contributed by atoms with Crippen LogP contribution in [0.3, 0.4) is 0 Å². The SMILES string of the molecule is CCS(=O)(=O)c1ccc(C(CC#N)NC(=O)c2ccc(Cn3cc4cc(F)ccc4n3)cc2)cc1. The number of hydrogen-bond acceptors (Lipinski definition) is 5. The van der Waals surface area contributed by atoms with Gasteiger partial charge in [0.05, 0.1) is 41.2 Å². The van der Waals surface area contributed by atoms with Gasteiger partial charge in [-0.2, -0.15) is 10.4 Å². The van der Waals surface area contributed by atoms with Crippen molar-refractivity contribution in [2.45, 2.75) is 30.8 Å². The third-order valence-electron chi connectivity index (χ3n) is 5.70. The van der Waals surface area contributed by atoms with Gasteiger partial charge in [0, 0.05) is 17.1 Å². The van der Waals surface area contributed by atoms with Crippen LogP contribution in [0.5, 0.6) is 0 Å². The molecule has 7 nitrogen and oxygen atoms in total. The Labute approximate surface area is 202 Å². The topological polar surface area (TPSA) is 105 Å². The number of nitrogens with one attached hydrogen (secondary N) is 1. The molecule has 35 heavy (non-hydrogen) atoms. The van der Waals surface area contributed by atoms with Gasteiger partial charge in [-0.05, 0) is 53.6 Å². The number of carbonyl (C=O) groups excluding carboxylic acids is 1. The Bertz CT molecular complexity index is 1510. The number of fused-ring (bicyclic) bond motifs is 1. The molecule has 0 fully saturated rings. The molecule has 3 aromatic carbocycles. The molecular formula is C26H23FN4O3S. The second-order valence-electron chi connectivity index (χ2n) is 8.09. The maximum atomic E-state index is 13.4. The molecule has 0 aliphatic rings. The molecule has 0 saturated heterocycles. The van der Waals surface area contributed by atoms with Crippen molar-refractivity contribution in [2.75, 3.05) is 5.75 Å². The molecule has 9 heteroatoms. The van der Waals surface area contributed by atoms with Crippen molar-refractivity contribution in [2.24, 2.45) is 0 Å². The summed E-state index contributed by atoms with van der Waals surface area (Å²) in [6.07, 6.45) is 1.81. The Morgan fingerprint density at radius 1 is 1.11 bits per heavy atom. The van der Waals surface area contributed by atoms with Crippen LogP contribution in [0.15, 0.2) is 77.8 Å². The average Bonchev–Trinajstić information content (AvgIpc) is 3.25. The number of aromatic nitrogens is 2. The van der Waals surface area contributed by atoms with E-state index in [2.05, 4.69) is 16.5 Å². The molecule has 1 heterocycles. The van der Waals surface area contributed by atoms with E-state index in [1.165, 1.54) is 24.3 Å². The molecule has 4 rings (SSSR count). The number of hydrogen-bond donors (Lipinski definition) is 1. The molecule has 0 aliphatic heterocycles. The molecule has 0 saturated carbocycles. The number of rotatable bonds is 8. The lowest BCUT2D eigenvalue weighted by Crippen LogP contribution is -2.28. The molecule has 1 aromatic heterocycles. The predicted octanol–water partition coefficient (Wildman–Crippen LogP) is 4.40. The van der Waals surface area contributed by atoms with E-state index >= 15 is 0 Å². The van der Waals surface area contributed by atoms with Crippen LogP contribution < -0.4 is 5.32 Å². The highest BCUT2D eigenvalue weighted by Gasteiger charge is 2.18. The lowest BCUT2D eigenvalue weighted by atomic mass is 10.0. The first kappa shape index (κ1) is 24.1. The fourth-order valence-electron chi connectivity index (χ4n) is 3.74. The average molecular weight is 491 g/mol. The van der Waals surface area contributed by atoms with Gasteiger partial charge < -0.3 is 5.32 Å². The van der Waals surface area contributed by atoms with Crippen molar-refractivity contribution in [3.05, 3.63) is 95.4 Å². The zero-order valence-electron chi connectivity index (χ0n) is 19.0. The fourth-order valence-corrected chi connectivity index (χ4v) is 4.62. The Hall–Kier alpha value is -4.03. The van der Waals surface area contributed by atoms with Crippen LogP contribution in [0.4, 0.5) is 4.39 Å². The Morgan fingerprint density at radius 3 is 2.49 bits per heavy atom. The number of halogens is 1. The first-order chi connectivity index (χ1) is 16.8. The molecule has 0 radical (unpaired) electrons. The predicted molar refractivity (Wildman–Crippen MR) is 130 cm³/mol. The summed E-state index contributed by atoms with van der Waals surface area (Å²) in [6, 6.07) is 19.1. The number of benzene rings is 3. The first-order valence-electron chi connectivity index (χ1n) is 11.0. The fraction of sp³-hybridized carbons (Fsp3) is 0.192. The second kappa shape index (κ2) is 10.1. The minimum Gasteiger partial charge on any atom is -0.344 e. The largest absolute Gasteiger partial charge is 0.344 e. The minimum atomic E-state index is -3.33. The van der Waals surface area contributed by atoms with E-state index in [1.807, 2.05) is 12.1 Å². The number of sulfone groups is 1.